The minimum atomic E-state index is -4.28. The number of hydrogen-bond donors (Lipinski definition) is 2. The van der Waals surface area contributed by atoms with Crippen LogP contribution < -0.4 is 4.72 Å². The van der Waals surface area contributed by atoms with Gasteiger partial charge in [-0.1, -0.05) is 85.8 Å². The first kappa shape index (κ1) is 44.0. The summed E-state index contributed by atoms with van der Waals surface area (Å²) in [5.74, 6) is -2.39. The number of para-hydroxylation sites is 1. The molecule has 2 aromatic rings. The second-order valence-electron chi connectivity index (χ2n) is 21.4. The van der Waals surface area contributed by atoms with E-state index in [0.29, 0.717) is 63.0 Å². The van der Waals surface area contributed by atoms with Crippen LogP contribution in [-0.4, -0.2) is 91.4 Å². The summed E-state index contributed by atoms with van der Waals surface area (Å²) < 4.78 is 35.4. The van der Waals surface area contributed by atoms with Crippen LogP contribution in [0.25, 0.3) is 10.9 Å². The van der Waals surface area contributed by atoms with Crippen molar-refractivity contribution >= 4 is 50.2 Å². The summed E-state index contributed by atoms with van der Waals surface area (Å²) in [6.45, 7) is 14.8. The van der Waals surface area contributed by atoms with Crippen LogP contribution >= 0.6 is 0 Å². The number of morpholine rings is 1. The fourth-order valence-corrected chi connectivity index (χ4v) is 14.4. The number of rotatable bonds is 14. The van der Waals surface area contributed by atoms with E-state index in [-0.39, 0.29) is 75.6 Å². The average Bonchev–Trinajstić information content (AvgIpc) is 3.72. The van der Waals surface area contributed by atoms with Crippen LogP contribution in [0, 0.1) is 50.7 Å². The maximum atomic E-state index is 15.3. The molecule has 12 nitrogen and oxygen atoms in total. The van der Waals surface area contributed by atoms with Crippen LogP contribution in [0.1, 0.15) is 131 Å². The number of carbonyl (C=O) groups excluding carboxylic acids is 5. The maximum absolute atomic E-state index is 15.3. The van der Waals surface area contributed by atoms with Gasteiger partial charge in [-0.05, 0) is 78.7 Å². The van der Waals surface area contributed by atoms with Gasteiger partial charge in [-0.3, -0.25) is 24.0 Å². The number of fused-ring (bicyclic) bond motifs is 2. The normalized spacial score (nSPS) is 29.3. The summed E-state index contributed by atoms with van der Waals surface area (Å²) in [6.07, 6.45) is 11.3. The molecule has 0 radical (unpaired) electrons. The van der Waals surface area contributed by atoms with E-state index in [2.05, 4.69) is 23.6 Å². The molecular formula is C48H68N4O8S. The molecule has 13 heteroatoms. The zero-order chi connectivity index (χ0) is 43.8. The summed E-state index contributed by atoms with van der Waals surface area (Å²) >= 11 is 0. The standard InChI is InChI=1S/C48H68N4O8S/c1-7-33-27-46(33,43(57)50-61(58,59)39-16-11-15-32-17-20-49-40(32)39)29-38(54)37-28-48(45(5,6)47(48)18-12-19-47)30-52(37)42(56)36(44(2,3)4)26-34(53)25-35(31-13-9-8-10-14-31)41(55)51-21-23-60-24-22-51/h11,15-17,20,31,33,35-37,49H,7-10,12-14,18-19,21-30H2,1-6H3,(H,50,57)/t33-,35+,36-,37+,46-,48-/m1/s1. The lowest BCUT2D eigenvalue weighted by Crippen LogP contribution is -2.49. The molecule has 0 bridgehead atoms. The van der Waals surface area contributed by atoms with Crippen LogP contribution in [0.2, 0.25) is 0 Å². The second-order valence-corrected chi connectivity index (χ2v) is 23.0. The van der Waals surface area contributed by atoms with E-state index in [1.54, 1.807) is 29.3 Å². The number of ether oxygens (including phenoxy) is 1. The zero-order valence-corrected chi connectivity index (χ0v) is 38.1. The lowest BCUT2D eigenvalue weighted by Gasteiger charge is -2.37. The Kier molecular flexibility index (Phi) is 11.5. The van der Waals surface area contributed by atoms with E-state index in [0.717, 1.165) is 51.4 Å². The highest BCUT2D eigenvalue weighted by Gasteiger charge is 2.85. The smallest absolute Gasteiger partial charge is 0.266 e. The summed E-state index contributed by atoms with van der Waals surface area (Å²) in [4.78, 5) is 79.5. The van der Waals surface area contributed by atoms with Crippen molar-refractivity contribution in [2.45, 2.75) is 142 Å². The van der Waals surface area contributed by atoms with Crippen molar-refractivity contribution < 1.29 is 37.1 Å². The molecule has 6 fully saturated rings. The Morgan fingerprint density at radius 2 is 1.62 bits per heavy atom. The van der Waals surface area contributed by atoms with Gasteiger partial charge >= 0.3 is 0 Å². The molecule has 4 saturated carbocycles. The number of amides is 3. The monoisotopic (exact) mass is 860 g/mol. The molecule has 2 spiro atoms. The number of H-pyrrole nitrogens is 1. The molecule has 2 N–H and O–H groups in total. The van der Waals surface area contributed by atoms with Crippen LogP contribution in [0.4, 0.5) is 0 Å². The fourth-order valence-electron chi connectivity index (χ4n) is 13.1. The Labute approximate surface area is 362 Å². The highest BCUT2D eigenvalue weighted by molar-refractivity contribution is 7.90. The van der Waals surface area contributed by atoms with Gasteiger partial charge < -0.3 is 19.5 Å². The molecular weight excluding hydrogens is 793 g/mol. The van der Waals surface area contributed by atoms with Gasteiger partial charge in [0, 0.05) is 67.7 Å². The lowest BCUT2D eigenvalue weighted by atomic mass is 9.73. The van der Waals surface area contributed by atoms with Gasteiger partial charge in [-0.2, -0.15) is 0 Å². The average molecular weight is 861 g/mol. The highest BCUT2D eigenvalue weighted by atomic mass is 32.2. The van der Waals surface area contributed by atoms with Crippen LogP contribution in [-0.2, 0) is 38.7 Å². The third-order valence-corrected chi connectivity index (χ3v) is 18.7. The molecule has 6 atom stereocenters. The molecule has 3 heterocycles. The zero-order valence-electron chi connectivity index (χ0n) is 37.3. The van der Waals surface area contributed by atoms with Crippen molar-refractivity contribution in [1.82, 2.24) is 19.5 Å². The van der Waals surface area contributed by atoms with Gasteiger partial charge in [0.25, 0.3) is 10.0 Å². The quantitative estimate of drug-likeness (QED) is 0.201. The van der Waals surface area contributed by atoms with Gasteiger partial charge in [-0.15, -0.1) is 0 Å². The molecule has 61 heavy (non-hydrogen) atoms. The number of Topliss-reactive ketones (excluding diaryl/α,β-unsaturated/α-hetero) is 2. The third-order valence-electron chi connectivity index (χ3n) is 17.3. The third kappa shape index (κ3) is 7.38. The van der Waals surface area contributed by atoms with Crippen molar-refractivity contribution in [3.05, 3.63) is 30.5 Å². The predicted octanol–water partition coefficient (Wildman–Crippen LogP) is 7.21. The lowest BCUT2D eigenvalue weighted by molar-refractivity contribution is -0.147. The maximum Gasteiger partial charge on any atom is 0.266 e. The first-order valence-corrected chi connectivity index (χ1v) is 24.7. The SMILES string of the molecule is CC[C@@H]1C[C@]1(CC(=O)[C@@H]1C[C@@]2(CN1C(=O)[C@@H](CC(=O)C[C@H](C(=O)N1CCOCC1)C1CCCCC1)C(C)(C)C)C(C)(C)C21CCC1)C(=O)NS(=O)(=O)c1cccc2cc[nH]c12. The van der Waals surface area contributed by atoms with Gasteiger partial charge in [0.2, 0.25) is 17.7 Å². The fraction of sp³-hybridized carbons (Fsp3) is 0.729. The molecule has 4 aliphatic carbocycles. The van der Waals surface area contributed by atoms with E-state index in [4.69, 9.17) is 4.74 Å². The molecule has 1 aromatic carbocycles. The Hall–Kier alpha value is -3.58. The van der Waals surface area contributed by atoms with E-state index < -0.39 is 44.6 Å². The molecule has 0 unspecified atom stereocenters. The minimum Gasteiger partial charge on any atom is -0.378 e. The molecule has 2 saturated heterocycles. The number of hydrogen-bond acceptors (Lipinski definition) is 8. The number of carbonyl (C=O) groups is 5. The number of likely N-dealkylation sites (tertiary alicyclic amines) is 1. The number of ketones is 2. The first-order valence-electron chi connectivity index (χ1n) is 23.2. The highest BCUT2D eigenvalue weighted by Crippen LogP contribution is 2.88. The second kappa shape index (κ2) is 15.9. The van der Waals surface area contributed by atoms with Crippen molar-refractivity contribution in [3.8, 4) is 0 Å². The van der Waals surface area contributed by atoms with E-state index in [1.165, 1.54) is 6.07 Å². The van der Waals surface area contributed by atoms with Crippen LogP contribution in [0.15, 0.2) is 35.4 Å². The first-order chi connectivity index (χ1) is 28.8. The Bertz CT molecular complexity index is 2170. The molecule has 1 aromatic heterocycles. The summed E-state index contributed by atoms with van der Waals surface area (Å²) in [5, 5.41) is 0.700. The van der Waals surface area contributed by atoms with E-state index >= 15 is 4.79 Å². The van der Waals surface area contributed by atoms with Crippen LogP contribution in [0.3, 0.4) is 0 Å². The molecule has 334 valence electrons. The molecule has 3 amide bonds. The van der Waals surface area contributed by atoms with Gasteiger partial charge in [0.15, 0.2) is 5.78 Å². The van der Waals surface area contributed by atoms with Crippen molar-refractivity contribution in [1.29, 1.82) is 0 Å². The molecule has 6 aliphatic rings. The molecule has 2 aliphatic heterocycles. The van der Waals surface area contributed by atoms with E-state index in [1.807, 2.05) is 32.6 Å². The summed E-state index contributed by atoms with van der Waals surface area (Å²) in [7, 11) is -4.28. The Morgan fingerprint density at radius 3 is 2.23 bits per heavy atom. The predicted molar refractivity (Wildman–Crippen MR) is 231 cm³/mol. The number of aromatic nitrogens is 1. The molecule has 8 rings (SSSR count). The Balaban J connectivity index is 1.05. The minimum absolute atomic E-state index is 0.0173. The number of benzene rings is 1. The summed E-state index contributed by atoms with van der Waals surface area (Å²) in [6, 6.07) is 5.85. The Morgan fingerprint density at radius 1 is 0.918 bits per heavy atom. The summed E-state index contributed by atoms with van der Waals surface area (Å²) in [5.41, 5.74) is -1.77. The van der Waals surface area contributed by atoms with Gasteiger partial charge in [0.05, 0.1) is 30.2 Å². The van der Waals surface area contributed by atoms with Gasteiger partial charge in [-0.25, -0.2) is 13.1 Å². The van der Waals surface area contributed by atoms with Crippen molar-refractivity contribution in [2.75, 3.05) is 32.8 Å². The largest absolute Gasteiger partial charge is 0.378 e. The van der Waals surface area contributed by atoms with Crippen LogP contribution in [0.5, 0.6) is 0 Å². The number of nitrogens with one attached hydrogen (secondary N) is 2. The topological polar surface area (TPSA) is 163 Å². The number of aromatic amines is 1. The van der Waals surface area contributed by atoms with Crippen molar-refractivity contribution in [3.63, 3.8) is 0 Å². The number of sulfonamides is 1. The van der Waals surface area contributed by atoms with Gasteiger partial charge in [0.1, 0.15) is 10.7 Å². The number of nitrogens with zero attached hydrogens (tertiary/aromatic N) is 2. The van der Waals surface area contributed by atoms with Crippen molar-refractivity contribution in [2.24, 2.45) is 50.7 Å². The van der Waals surface area contributed by atoms with E-state index in [9.17, 15) is 27.6 Å².